The Kier molecular flexibility index (Phi) is 7.99. The van der Waals surface area contributed by atoms with E-state index in [-0.39, 0.29) is 12.1 Å². The number of esters is 1. The number of ether oxygens (including phenoxy) is 1. The summed E-state index contributed by atoms with van der Waals surface area (Å²) in [7, 11) is 0. The van der Waals surface area contributed by atoms with Crippen LogP contribution in [-0.2, 0) is 9.53 Å². The molecule has 0 saturated carbocycles. The number of hydrogen-bond acceptors (Lipinski definition) is 4. The largest absolute Gasteiger partial charge is 0.462 e. The summed E-state index contributed by atoms with van der Waals surface area (Å²) in [5.74, 6) is 0.866. The maximum atomic E-state index is 11.2. The molecule has 1 unspecified atom stereocenters. The van der Waals surface area contributed by atoms with Gasteiger partial charge in [0.05, 0.1) is 12.6 Å². The first-order valence-electron chi connectivity index (χ1n) is 5.01. The third-order valence-corrected chi connectivity index (χ3v) is 2.50. The van der Waals surface area contributed by atoms with Gasteiger partial charge < -0.3 is 10.1 Å². The molecule has 0 aliphatic heterocycles. The minimum atomic E-state index is -0.167. The first kappa shape index (κ1) is 13.8. The fourth-order valence-electron chi connectivity index (χ4n) is 1.05. The fraction of sp³-hybridized carbons (Fsp3) is 0.900. The minimum Gasteiger partial charge on any atom is -0.462 e. The van der Waals surface area contributed by atoms with Gasteiger partial charge in [-0.3, -0.25) is 4.79 Å². The van der Waals surface area contributed by atoms with Crippen molar-refractivity contribution < 1.29 is 9.53 Å². The molecule has 0 radical (unpaired) electrons. The van der Waals surface area contributed by atoms with Crippen molar-refractivity contribution in [3.8, 4) is 0 Å². The van der Waals surface area contributed by atoms with Gasteiger partial charge in [-0.25, -0.2) is 0 Å². The van der Waals surface area contributed by atoms with Gasteiger partial charge in [0, 0.05) is 11.8 Å². The lowest BCUT2D eigenvalue weighted by molar-refractivity contribution is -0.146. The lowest BCUT2D eigenvalue weighted by atomic mass is 10.2. The fourth-order valence-corrected chi connectivity index (χ4v) is 1.81. The van der Waals surface area contributed by atoms with E-state index in [1.54, 1.807) is 11.8 Å². The standard InChI is InChI=1S/C10H21NO2S/c1-5-9(7-14-4)11-6-10(12)13-8(2)3/h8-9,11H,5-7H2,1-4H3. The highest BCUT2D eigenvalue weighted by Gasteiger charge is 2.09. The van der Waals surface area contributed by atoms with Crippen molar-refractivity contribution in [3.63, 3.8) is 0 Å². The van der Waals surface area contributed by atoms with Crippen molar-refractivity contribution in [2.24, 2.45) is 0 Å². The topological polar surface area (TPSA) is 38.3 Å². The number of rotatable bonds is 7. The summed E-state index contributed by atoms with van der Waals surface area (Å²) < 4.78 is 5.02. The Bertz CT molecular complexity index is 162. The van der Waals surface area contributed by atoms with Gasteiger partial charge in [-0.2, -0.15) is 11.8 Å². The van der Waals surface area contributed by atoms with Gasteiger partial charge >= 0.3 is 5.97 Å². The van der Waals surface area contributed by atoms with Crippen LogP contribution in [0.5, 0.6) is 0 Å². The van der Waals surface area contributed by atoms with Crippen LogP contribution >= 0.6 is 11.8 Å². The number of nitrogens with one attached hydrogen (secondary N) is 1. The average Bonchev–Trinajstić information content (AvgIpc) is 2.11. The first-order valence-corrected chi connectivity index (χ1v) is 6.41. The highest BCUT2D eigenvalue weighted by atomic mass is 32.2. The number of carbonyl (C=O) groups excluding carboxylic acids is 1. The molecular weight excluding hydrogens is 198 g/mol. The van der Waals surface area contributed by atoms with Crippen LogP contribution in [0.1, 0.15) is 27.2 Å². The molecule has 0 aliphatic rings. The van der Waals surface area contributed by atoms with Crippen molar-refractivity contribution in [1.29, 1.82) is 0 Å². The Labute approximate surface area is 91.0 Å². The molecule has 0 aromatic carbocycles. The number of thioether (sulfide) groups is 1. The summed E-state index contributed by atoms with van der Waals surface area (Å²) in [6, 6.07) is 0.407. The molecule has 0 amide bonds. The summed E-state index contributed by atoms with van der Waals surface area (Å²) in [4.78, 5) is 11.2. The summed E-state index contributed by atoms with van der Waals surface area (Å²) in [6.45, 7) is 6.15. The highest BCUT2D eigenvalue weighted by Crippen LogP contribution is 2.00. The van der Waals surface area contributed by atoms with Crippen LogP contribution in [0.15, 0.2) is 0 Å². The monoisotopic (exact) mass is 219 g/mol. The Morgan fingerprint density at radius 3 is 2.57 bits per heavy atom. The molecule has 0 heterocycles. The van der Waals surface area contributed by atoms with Gasteiger partial charge in [0.1, 0.15) is 0 Å². The maximum absolute atomic E-state index is 11.2. The Balaban J connectivity index is 3.62. The smallest absolute Gasteiger partial charge is 0.320 e. The third-order valence-electron chi connectivity index (χ3n) is 1.76. The summed E-state index contributed by atoms with van der Waals surface area (Å²) in [5.41, 5.74) is 0. The lowest BCUT2D eigenvalue weighted by Crippen LogP contribution is -2.36. The van der Waals surface area contributed by atoms with Gasteiger partial charge in [-0.1, -0.05) is 6.92 Å². The summed E-state index contributed by atoms with van der Waals surface area (Å²) in [6.07, 6.45) is 3.08. The van der Waals surface area contributed by atoms with Crippen LogP contribution in [0.2, 0.25) is 0 Å². The Morgan fingerprint density at radius 1 is 1.50 bits per heavy atom. The van der Waals surface area contributed by atoms with Crippen LogP contribution in [-0.4, -0.2) is 36.7 Å². The van der Waals surface area contributed by atoms with E-state index < -0.39 is 0 Å². The minimum absolute atomic E-state index is 0.0232. The Morgan fingerprint density at radius 2 is 2.14 bits per heavy atom. The van der Waals surface area contributed by atoms with E-state index in [0.29, 0.717) is 12.6 Å². The predicted octanol–water partition coefficient (Wildman–Crippen LogP) is 1.67. The molecular formula is C10H21NO2S. The zero-order valence-corrected chi connectivity index (χ0v) is 10.3. The third kappa shape index (κ3) is 7.21. The molecule has 0 spiro atoms. The maximum Gasteiger partial charge on any atom is 0.320 e. The molecule has 84 valence electrons. The normalized spacial score (nSPS) is 12.9. The zero-order valence-electron chi connectivity index (χ0n) is 9.50. The van der Waals surface area contributed by atoms with Crippen LogP contribution in [0.4, 0.5) is 0 Å². The highest BCUT2D eigenvalue weighted by molar-refractivity contribution is 7.98. The first-order chi connectivity index (χ1) is 6.60. The van der Waals surface area contributed by atoms with Gasteiger partial charge in [-0.15, -0.1) is 0 Å². The summed E-state index contributed by atoms with van der Waals surface area (Å²) in [5, 5.41) is 3.18. The number of hydrogen-bond donors (Lipinski definition) is 1. The van der Waals surface area contributed by atoms with E-state index in [4.69, 9.17) is 4.74 Å². The van der Waals surface area contributed by atoms with Crippen LogP contribution < -0.4 is 5.32 Å². The molecule has 3 nitrogen and oxygen atoms in total. The molecule has 0 aliphatic carbocycles. The van der Waals surface area contributed by atoms with Crippen LogP contribution in [0.25, 0.3) is 0 Å². The SMILES string of the molecule is CCC(CSC)NCC(=O)OC(C)C. The second-order valence-corrected chi connectivity index (χ2v) is 4.39. The Hall–Kier alpha value is -0.220. The molecule has 1 atom stereocenters. The quantitative estimate of drug-likeness (QED) is 0.661. The van der Waals surface area contributed by atoms with E-state index >= 15 is 0 Å². The zero-order chi connectivity index (χ0) is 11.0. The second kappa shape index (κ2) is 8.12. The lowest BCUT2D eigenvalue weighted by Gasteiger charge is -2.15. The van der Waals surface area contributed by atoms with Gasteiger partial charge in [-0.05, 0) is 26.5 Å². The molecule has 0 aromatic heterocycles. The van der Waals surface area contributed by atoms with Crippen LogP contribution in [0, 0.1) is 0 Å². The molecule has 1 N–H and O–H groups in total. The van der Waals surface area contributed by atoms with Gasteiger partial charge in [0.15, 0.2) is 0 Å². The molecule has 0 fully saturated rings. The van der Waals surface area contributed by atoms with Crippen molar-refractivity contribution >= 4 is 17.7 Å². The van der Waals surface area contributed by atoms with E-state index in [1.165, 1.54) is 0 Å². The molecule has 14 heavy (non-hydrogen) atoms. The molecule has 4 heteroatoms. The van der Waals surface area contributed by atoms with Gasteiger partial charge in [0.25, 0.3) is 0 Å². The molecule has 0 bridgehead atoms. The van der Waals surface area contributed by atoms with E-state index in [9.17, 15) is 4.79 Å². The second-order valence-electron chi connectivity index (χ2n) is 3.48. The summed E-state index contributed by atoms with van der Waals surface area (Å²) >= 11 is 1.79. The van der Waals surface area contributed by atoms with Crippen molar-refractivity contribution in [3.05, 3.63) is 0 Å². The predicted molar refractivity (Wildman–Crippen MR) is 61.7 cm³/mol. The van der Waals surface area contributed by atoms with E-state index in [2.05, 4.69) is 18.5 Å². The van der Waals surface area contributed by atoms with Gasteiger partial charge in [0.2, 0.25) is 0 Å². The molecule has 0 aromatic rings. The molecule has 0 saturated heterocycles. The van der Waals surface area contributed by atoms with E-state index in [1.807, 2.05) is 13.8 Å². The number of carbonyl (C=O) groups is 1. The van der Waals surface area contributed by atoms with Crippen molar-refractivity contribution in [2.75, 3.05) is 18.6 Å². The average molecular weight is 219 g/mol. The van der Waals surface area contributed by atoms with Crippen molar-refractivity contribution in [1.82, 2.24) is 5.32 Å². The van der Waals surface area contributed by atoms with Crippen molar-refractivity contribution in [2.45, 2.75) is 39.3 Å². The van der Waals surface area contributed by atoms with E-state index in [0.717, 1.165) is 12.2 Å². The molecule has 0 rings (SSSR count). The van der Waals surface area contributed by atoms with Crippen LogP contribution in [0.3, 0.4) is 0 Å².